The fourth-order valence-electron chi connectivity index (χ4n) is 10.2. The Morgan fingerprint density at radius 1 is 0.373 bits per heavy atom. The Morgan fingerprint density at radius 2 is 0.667 bits per heavy atom. The zero-order chi connectivity index (χ0) is 54.3. The van der Waals surface area contributed by atoms with Crippen LogP contribution in [0.1, 0.15) is 354 Å². The van der Waals surface area contributed by atoms with Crippen LogP contribution in [0.25, 0.3) is 0 Å². The summed E-state index contributed by atoms with van der Waals surface area (Å²) in [6, 6.07) is -0.636. The molecule has 0 aliphatic heterocycles. The number of hydrogen-bond acceptors (Lipinski definition) is 5. The molecule has 0 aromatic carbocycles. The van der Waals surface area contributed by atoms with E-state index in [9.17, 15) is 19.8 Å². The predicted molar refractivity (Wildman–Crippen MR) is 329 cm³/mol. The third-order valence-corrected chi connectivity index (χ3v) is 15.3. The number of carbonyl (C=O) groups is 2. The minimum atomic E-state index is -0.852. The topological polar surface area (TPSA) is 95.9 Å². The second-order valence-corrected chi connectivity index (χ2v) is 22.8. The number of amides is 1. The number of esters is 1. The molecule has 3 N–H and O–H groups in total. The number of unbranched alkanes of at least 4 members (excludes halogenated alkanes) is 45. The van der Waals surface area contributed by atoms with E-state index in [4.69, 9.17) is 4.74 Å². The number of nitrogens with one attached hydrogen (secondary N) is 1. The molecular formula is C69H129NO5. The van der Waals surface area contributed by atoms with Crippen LogP contribution in [-0.2, 0) is 14.3 Å². The second kappa shape index (κ2) is 64.3. The van der Waals surface area contributed by atoms with Gasteiger partial charge in [0.05, 0.1) is 25.4 Å². The molecule has 2 unspecified atom stereocenters. The van der Waals surface area contributed by atoms with E-state index in [1.165, 1.54) is 263 Å². The first-order chi connectivity index (χ1) is 37.0. The van der Waals surface area contributed by atoms with Crippen molar-refractivity contribution in [2.45, 2.75) is 366 Å². The van der Waals surface area contributed by atoms with E-state index in [1.807, 2.05) is 6.08 Å². The zero-order valence-electron chi connectivity index (χ0n) is 50.3. The maximum Gasteiger partial charge on any atom is 0.305 e. The van der Waals surface area contributed by atoms with E-state index in [1.54, 1.807) is 6.08 Å². The SMILES string of the molecule is CCCCCCCC/C=C\CCCCCCCCCCCC(=O)OCCCCCCCCCCC/C=C\C/C=C\CCCCCCCCCC(=O)NC(CO)C(O)/C=C/CCCCCCCCCCCCCCCC. The molecule has 0 aromatic heterocycles. The van der Waals surface area contributed by atoms with Gasteiger partial charge in [-0.2, -0.15) is 0 Å². The molecule has 0 spiro atoms. The third-order valence-electron chi connectivity index (χ3n) is 15.3. The summed E-state index contributed by atoms with van der Waals surface area (Å²) in [7, 11) is 0. The van der Waals surface area contributed by atoms with Crippen molar-refractivity contribution in [3.8, 4) is 0 Å². The van der Waals surface area contributed by atoms with Crippen LogP contribution in [0.4, 0.5) is 0 Å². The molecule has 0 rings (SSSR count). The molecule has 0 fully saturated rings. The highest BCUT2D eigenvalue weighted by atomic mass is 16.5. The van der Waals surface area contributed by atoms with Gasteiger partial charge >= 0.3 is 5.97 Å². The van der Waals surface area contributed by atoms with E-state index in [2.05, 4.69) is 55.6 Å². The Hall–Kier alpha value is -2.18. The molecule has 0 saturated carbocycles. The van der Waals surface area contributed by atoms with Gasteiger partial charge in [0.15, 0.2) is 0 Å². The van der Waals surface area contributed by atoms with Crippen molar-refractivity contribution in [1.82, 2.24) is 5.32 Å². The summed E-state index contributed by atoms with van der Waals surface area (Å²) in [5.74, 6) is -0.0711. The van der Waals surface area contributed by atoms with E-state index < -0.39 is 12.1 Å². The van der Waals surface area contributed by atoms with Gasteiger partial charge in [-0.15, -0.1) is 0 Å². The molecule has 0 aliphatic rings. The van der Waals surface area contributed by atoms with E-state index >= 15 is 0 Å². The van der Waals surface area contributed by atoms with E-state index in [-0.39, 0.29) is 18.5 Å². The monoisotopic (exact) mass is 1050 g/mol. The molecular weight excluding hydrogens is 923 g/mol. The molecule has 0 bridgehead atoms. The third kappa shape index (κ3) is 60.9. The lowest BCUT2D eigenvalue weighted by atomic mass is 10.0. The number of hydrogen-bond donors (Lipinski definition) is 3. The van der Waals surface area contributed by atoms with Gasteiger partial charge in [-0.25, -0.2) is 0 Å². The van der Waals surface area contributed by atoms with Crippen LogP contribution < -0.4 is 5.32 Å². The van der Waals surface area contributed by atoms with Crippen molar-refractivity contribution < 1.29 is 24.5 Å². The molecule has 0 radical (unpaired) electrons. The Kier molecular flexibility index (Phi) is 62.5. The Morgan fingerprint density at radius 3 is 1.03 bits per heavy atom. The smallest absolute Gasteiger partial charge is 0.305 e. The lowest BCUT2D eigenvalue weighted by molar-refractivity contribution is -0.143. The molecule has 1 amide bonds. The van der Waals surface area contributed by atoms with Crippen molar-refractivity contribution >= 4 is 11.9 Å². The summed E-state index contributed by atoms with van der Waals surface area (Å²) in [5, 5.41) is 23.1. The molecule has 75 heavy (non-hydrogen) atoms. The van der Waals surface area contributed by atoms with Crippen LogP contribution in [0.3, 0.4) is 0 Å². The molecule has 0 heterocycles. The quantitative estimate of drug-likeness (QED) is 0.0320. The van der Waals surface area contributed by atoms with Gasteiger partial charge < -0.3 is 20.3 Å². The van der Waals surface area contributed by atoms with Crippen LogP contribution in [-0.4, -0.2) is 47.4 Å². The van der Waals surface area contributed by atoms with Crippen LogP contribution in [0.5, 0.6) is 0 Å². The lowest BCUT2D eigenvalue weighted by Crippen LogP contribution is -2.45. The highest BCUT2D eigenvalue weighted by Crippen LogP contribution is 2.17. The predicted octanol–water partition coefficient (Wildman–Crippen LogP) is 21.3. The van der Waals surface area contributed by atoms with Crippen LogP contribution in [0.15, 0.2) is 48.6 Å². The van der Waals surface area contributed by atoms with Gasteiger partial charge in [0.25, 0.3) is 0 Å². The van der Waals surface area contributed by atoms with Gasteiger partial charge in [0, 0.05) is 12.8 Å². The van der Waals surface area contributed by atoms with Crippen molar-refractivity contribution in [1.29, 1.82) is 0 Å². The number of aliphatic hydroxyl groups is 2. The van der Waals surface area contributed by atoms with Crippen molar-refractivity contribution in [3.63, 3.8) is 0 Å². The Labute approximate surface area is 467 Å². The average molecular weight is 1050 g/mol. The minimum absolute atomic E-state index is 0.00612. The molecule has 0 saturated heterocycles. The lowest BCUT2D eigenvalue weighted by Gasteiger charge is -2.20. The fraction of sp³-hybridized carbons (Fsp3) is 0.855. The number of allylic oxidation sites excluding steroid dienone is 7. The number of aliphatic hydroxyl groups excluding tert-OH is 2. The van der Waals surface area contributed by atoms with Crippen molar-refractivity contribution in [2.24, 2.45) is 0 Å². The number of rotatable bonds is 62. The Balaban J connectivity index is 3.45. The van der Waals surface area contributed by atoms with E-state index in [0.29, 0.717) is 19.4 Å². The van der Waals surface area contributed by atoms with Gasteiger partial charge in [-0.05, 0) is 89.9 Å². The largest absolute Gasteiger partial charge is 0.466 e. The molecule has 2 atom stereocenters. The highest BCUT2D eigenvalue weighted by molar-refractivity contribution is 5.76. The van der Waals surface area contributed by atoms with Gasteiger partial charge in [-0.3, -0.25) is 9.59 Å². The summed E-state index contributed by atoms with van der Waals surface area (Å²) < 4.78 is 5.50. The summed E-state index contributed by atoms with van der Waals surface area (Å²) in [6.07, 6.45) is 83.1. The molecule has 6 nitrogen and oxygen atoms in total. The number of carbonyl (C=O) groups excluding carboxylic acids is 2. The molecule has 0 aliphatic carbocycles. The van der Waals surface area contributed by atoms with Crippen molar-refractivity contribution in [2.75, 3.05) is 13.2 Å². The van der Waals surface area contributed by atoms with Gasteiger partial charge in [0.2, 0.25) is 5.91 Å². The standard InChI is InChI=1S/C69H129NO5/c1-3-5-7-9-11-13-15-17-19-21-27-31-35-39-43-47-51-55-59-63-69(74)75-64-60-56-52-48-44-40-36-32-29-26-24-22-23-25-28-30-34-38-42-46-50-54-58-62-68(73)70-66(65-71)67(72)61-57-53-49-45-41-37-33-20-18-16-14-12-10-8-6-4-2/h17,19,22,24-25,28,57,61,66-67,71-72H,3-16,18,20-21,23,26-27,29-56,58-60,62-65H2,1-2H3,(H,70,73)/b19-17-,24-22-,28-25-,61-57+. The van der Waals surface area contributed by atoms with Crippen LogP contribution in [0.2, 0.25) is 0 Å². The van der Waals surface area contributed by atoms with Gasteiger partial charge in [-0.1, -0.05) is 300 Å². The summed E-state index contributed by atoms with van der Waals surface area (Å²) in [6.45, 7) is 4.91. The number of ether oxygens (including phenoxy) is 1. The highest BCUT2D eigenvalue weighted by Gasteiger charge is 2.18. The van der Waals surface area contributed by atoms with Gasteiger partial charge in [0.1, 0.15) is 0 Å². The van der Waals surface area contributed by atoms with Crippen LogP contribution in [0, 0.1) is 0 Å². The summed E-state index contributed by atoms with van der Waals surface area (Å²) in [4.78, 5) is 24.6. The summed E-state index contributed by atoms with van der Waals surface area (Å²) in [5.41, 5.74) is 0. The molecule has 440 valence electrons. The first-order valence-corrected chi connectivity index (χ1v) is 33.4. The van der Waals surface area contributed by atoms with Crippen LogP contribution >= 0.6 is 0 Å². The van der Waals surface area contributed by atoms with E-state index in [0.717, 1.165) is 64.2 Å². The second-order valence-electron chi connectivity index (χ2n) is 22.8. The molecule has 6 heteroatoms. The normalized spacial score (nSPS) is 12.9. The maximum absolute atomic E-state index is 12.5. The first kappa shape index (κ1) is 72.8. The summed E-state index contributed by atoms with van der Waals surface area (Å²) >= 11 is 0. The average Bonchev–Trinajstić information content (AvgIpc) is 3.41. The minimum Gasteiger partial charge on any atom is -0.466 e. The zero-order valence-corrected chi connectivity index (χ0v) is 50.3. The Bertz CT molecular complexity index is 1260. The maximum atomic E-state index is 12.5. The molecule has 0 aromatic rings. The van der Waals surface area contributed by atoms with Crippen molar-refractivity contribution in [3.05, 3.63) is 48.6 Å². The first-order valence-electron chi connectivity index (χ1n) is 33.4. The fourth-order valence-corrected chi connectivity index (χ4v) is 10.2.